The number of imidazole rings is 1. The Morgan fingerprint density at radius 2 is 1.73 bits per heavy atom. The second-order valence-corrected chi connectivity index (χ2v) is 8.53. The molecule has 0 radical (unpaired) electrons. The van der Waals surface area contributed by atoms with E-state index in [-0.39, 0.29) is 37.9 Å². The highest BCUT2D eigenvalue weighted by Crippen LogP contribution is 2.31. The third-order valence-corrected chi connectivity index (χ3v) is 5.81. The lowest BCUT2D eigenvalue weighted by Gasteiger charge is -2.19. The predicted molar refractivity (Wildman–Crippen MR) is 139 cm³/mol. The number of rotatable bonds is 11. The van der Waals surface area contributed by atoms with Gasteiger partial charge in [0.15, 0.2) is 0 Å². The molecule has 0 atom stereocenters. The third kappa shape index (κ3) is 6.63. The first-order valence-corrected chi connectivity index (χ1v) is 12.2. The molecule has 40 heavy (non-hydrogen) atoms. The average molecular weight is 555 g/mol. The maximum atomic E-state index is 13.1. The van der Waals surface area contributed by atoms with Crippen molar-refractivity contribution in [3.8, 4) is 17.3 Å². The number of aromatic nitrogens is 4. The van der Waals surface area contributed by atoms with E-state index in [0.29, 0.717) is 41.4 Å². The van der Waals surface area contributed by atoms with Crippen LogP contribution in [0.3, 0.4) is 0 Å². The number of aliphatic hydroxyl groups is 2. The van der Waals surface area contributed by atoms with Crippen molar-refractivity contribution < 1.29 is 28.2 Å². The Balaban J connectivity index is 1.63. The van der Waals surface area contributed by atoms with Gasteiger partial charge < -0.3 is 25.7 Å². The van der Waals surface area contributed by atoms with E-state index in [2.05, 4.69) is 25.6 Å². The fourth-order valence-corrected chi connectivity index (χ4v) is 3.84. The molecule has 0 fully saturated rings. The van der Waals surface area contributed by atoms with Crippen molar-refractivity contribution in [3.05, 3.63) is 71.7 Å². The maximum absolute atomic E-state index is 13.1. The maximum Gasteiger partial charge on any atom is 0.416 e. The number of fused-ring (bicyclic) bond motifs is 1. The third-order valence-electron chi connectivity index (χ3n) is 5.81. The molecule has 0 bridgehead atoms. The fraction of sp³-hybridized carbons (Fsp3) is 0.269. The van der Waals surface area contributed by atoms with Gasteiger partial charge >= 0.3 is 6.18 Å². The van der Waals surface area contributed by atoms with Crippen molar-refractivity contribution in [2.24, 2.45) is 0 Å². The first kappa shape index (κ1) is 28.3. The lowest BCUT2D eigenvalue weighted by molar-refractivity contribution is -0.137. The van der Waals surface area contributed by atoms with Crippen molar-refractivity contribution in [1.29, 1.82) is 5.26 Å². The molecule has 14 heteroatoms. The minimum atomic E-state index is -4.48. The molecule has 4 rings (SSSR count). The number of nitrogens with one attached hydrogen (secondary N) is 2. The molecule has 0 aliphatic carbocycles. The molecule has 0 saturated carbocycles. The molecule has 1 aromatic carbocycles. The molecule has 0 aliphatic heterocycles. The van der Waals surface area contributed by atoms with Gasteiger partial charge in [0.2, 0.25) is 5.95 Å². The highest BCUT2D eigenvalue weighted by Gasteiger charge is 2.30. The van der Waals surface area contributed by atoms with Gasteiger partial charge in [-0.3, -0.25) is 9.20 Å². The summed E-state index contributed by atoms with van der Waals surface area (Å²) in [7, 11) is 0. The zero-order valence-corrected chi connectivity index (χ0v) is 21.1. The number of carbonyl (C=O) groups excluding carboxylic acids is 1. The molecule has 208 valence electrons. The van der Waals surface area contributed by atoms with Gasteiger partial charge in [0.1, 0.15) is 23.2 Å². The highest BCUT2D eigenvalue weighted by atomic mass is 19.4. The quantitative estimate of drug-likeness (QED) is 0.205. The number of aliphatic hydroxyl groups excluding tert-OH is 2. The van der Waals surface area contributed by atoms with Gasteiger partial charge in [-0.05, 0) is 24.3 Å². The molecule has 3 heterocycles. The van der Waals surface area contributed by atoms with Crippen molar-refractivity contribution in [1.82, 2.24) is 24.3 Å². The number of nitrogens with zero attached hydrogens (tertiary/aromatic N) is 6. The van der Waals surface area contributed by atoms with Crippen LogP contribution in [-0.4, -0.2) is 79.8 Å². The van der Waals surface area contributed by atoms with Crippen molar-refractivity contribution in [2.75, 3.05) is 50.0 Å². The standard InChI is InChI=1S/C26H25F3N8O3/c27-26(28,29)19-4-2-18(3-5-19)20-13-23-34-21(24(40)36(9-11-38)10-12-39)16-37(23)25(35-20)32-8-7-31-22-6-1-17(14-30)15-33-22/h1-6,13,15-16,38-39H,7-12H2,(H,31,33)(H,32,35). The number of pyridine rings is 1. The molecule has 4 aromatic rings. The van der Waals surface area contributed by atoms with Gasteiger partial charge in [-0.2, -0.15) is 18.4 Å². The Morgan fingerprint density at radius 1 is 1.02 bits per heavy atom. The number of carbonyl (C=O) groups is 1. The van der Waals surface area contributed by atoms with E-state index in [9.17, 15) is 28.2 Å². The van der Waals surface area contributed by atoms with Crippen LogP contribution in [0.5, 0.6) is 0 Å². The Hall–Kier alpha value is -4.74. The average Bonchev–Trinajstić information content (AvgIpc) is 3.39. The number of hydrogen-bond donors (Lipinski definition) is 4. The molecule has 0 saturated heterocycles. The minimum Gasteiger partial charge on any atom is -0.395 e. The number of nitriles is 1. The van der Waals surface area contributed by atoms with E-state index in [4.69, 9.17) is 5.26 Å². The molecule has 0 aliphatic rings. The topological polar surface area (TPSA) is 152 Å². The lowest BCUT2D eigenvalue weighted by Crippen LogP contribution is -2.36. The van der Waals surface area contributed by atoms with Crippen LogP contribution in [0.4, 0.5) is 24.9 Å². The van der Waals surface area contributed by atoms with Crippen LogP contribution in [-0.2, 0) is 6.18 Å². The summed E-state index contributed by atoms with van der Waals surface area (Å²) in [6, 6.07) is 11.4. The molecule has 0 unspecified atom stereocenters. The fourth-order valence-electron chi connectivity index (χ4n) is 3.84. The number of anilines is 2. The normalized spacial score (nSPS) is 11.3. The Morgan fingerprint density at radius 3 is 2.33 bits per heavy atom. The summed E-state index contributed by atoms with van der Waals surface area (Å²) in [6.07, 6.45) is -1.58. The van der Waals surface area contributed by atoms with Gasteiger partial charge in [0.25, 0.3) is 5.91 Å². The number of hydrogen-bond acceptors (Lipinski definition) is 9. The SMILES string of the molecule is N#Cc1ccc(NCCNc2nc(-c3ccc(C(F)(F)F)cc3)cc3nc(C(=O)N(CCO)CCO)cn23)nc1. The monoisotopic (exact) mass is 554 g/mol. The highest BCUT2D eigenvalue weighted by molar-refractivity contribution is 5.93. The van der Waals surface area contributed by atoms with Crippen LogP contribution in [0.25, 0.3) is 16.9 Å². The Kier molecular flexibility index (Phi) is 8.77. The van der Waals surface area contributed by atoms with Crippen LogP contribution in [0.2, 0.25) is 0 Å². The van der Waals surface area contributed by atoms with Gasteiger partial charge in [0.05, 0.1) is 30.0 Å². The number of alkyl halides is 3. The van der Waals surface area contributed by atoms with Crippen molar-refractivity contribution in [3.63, 3.8) is 0 Å². The molecule has 4 N–H and O–H groups in total. The molecular weight excluding hydrogens is 529 g/mol. The summed E-state index contributed by atoms with van der Waals surface area (Å²) in [4.78, 5) is 27.4. The van der Waals surface area contributed by atoms with E-state index in [1.807, 2.05) is 6.07 Å². The Bertz CT molecular complexity index is 1490. The summed E-state index contributed by atoms with van der Waals surface area (Å²) in [6.45, 7) is 0.140. The molecule has 1 amide bonds. The van der Waals surface area contributed by atoms with Gasteiger partial charge in [-0.25, -0.2) is 15.0 Å². The molecular formula is C26H25F3N8O3. The second-order valence-electron chi connectivity index (χ2n) is 8.53. The van der Waals surface area contributed by atoms with Gasteiger partial charge in [-0.1, -0.05) is 12.1 Å². The number of halogens is 3. The van der Waals surface area contributed by atoms with E-state index in [1.165, 1.54) is 33.8 Å². The Labute approximate surface area is 226 Å². The summed E-state index contributed by atoms with van der Waals surface area (Å²) in [5.74, 6) is 0.326. The summed E-state index contributed by atoms with van der Waals surface area (Å²) in [5, 5.41) is 33.7. The lowest BCUT2D eigenvalue weighted by atomic mass is 10.1. The summed E-state index contributed by atoms with van der Waals surface area (Å²) < 4.78 is 40.7. The zero-order chi connectivity index (χ0) is 28.7. The smallest absolute Gasteiger partial charge is 0.395 e. The second kappa shape index (κ2) is 12.4. The van der Waals surface area contributed by atoms with Crippen molar-refractivity contribution >= 4 is 23.3 Å². The van der Waals surface area contributed by atoms with Crippen LogP contribution in [0, 0.1) is 11.3 Å². The first-order valence-electron chi connectivity index (χ1n) is 12.2. The van der Waals surface area contributed by atoms with Crippen LogP contribution in [0.1, 0.15) is 21.6 Å². The zero-order valence-electron chi connectivity index (χ0n) is 21.1. The van der Waals surface area contributed by atoms with Gasteiger partial charge in [-0.15, -0.1) is 0 Å². The van der Waals surface area contributed by atoms with Crippen LogP contribution < -0.4 is 10.6 Å². The largest absolute Gasteiger partial charge is 0.416 e. The molecule has 0 spiro atoms. The summed E-state index contributed by atoms with van der Waals surface area (Å²) in [5.41, 5.74) is 0.729. The van der Waals surface area contributed by atoms with E-state index in [0.717, 1.165) is 12.1 Å². The number of amides is 1. The minimum absolute atomic E-state index is 0.00246. The molecule has 11 nitrogen and oxygen atoms in total. The van der Waals surface area contributed by atoms with Crippen LogP contribution in [0.15, 0.2) is 54.9 Å². The van der Waals surface area contributed by atoms with Gasteiger partial charge in [0, 0.05) is 50.2 Å². The van der Waals surface area contributed by atoms with Crippen LogP contribution >= 0.6 is 0 Å². The number of benzene rings is 1. The summed E-state index contributed by atoms with van der Waals surface area (Å²) >= 11 is 0. The molecule has 3 aromatic heterocycles. The van der Waals surface area contributed by atoms with E-state index in [1.54, 1.807) is 18.2 Å². The first-order chi connectivity index (χ1) is 19.2. The van der Waals surface area contributed by atoms with E-state index < -0.39 is 17.6 Å². The van der Waals surface area contributed by atoms with Crippen molar-refractivity contribution in [2.45, 2.75) is 6.18 Å². The predicted octanol–water partition coefficient (Wildman–Crippen LogP) is 2.63. The van der Waals surface area contributed by atoms with E-state index >= 15 is 0 Å².